The van der Waals surface area contributed by atoms with Crippen molar-refractivity contribution in [1.82, 2.24) is 4.98 Å². The van der Waals surface area contributed by atoms with Gasteiger partial charge in [0.15, 0.2) is 0 Å². The van der Waals surface area contributed by atoms with E-state index in [-0.39, 0.29) is 5.75 Å². The monoisotopic (exact) mass is 287 g/mol. The summed E-state index contributed by atoms with van der Waals surface area (Å²) in [6, 6.07) is 18.9. The lowest BCUT2D eigenvalue weighted by atomic mass is 10.00. The van der Waals surface area contributed by atoms with E-state index in [2.05, 4.69) is 4.98 Å². The van der Waals surface area contributed by atoms with E-state index >= 15 is 0 Å². The third kappa shape index (κ3) is 2.04. The summed E-state index contributed by atoms with van der Waals surface area (Å²) in [5.41, 5.74) is 3.79. The Kier molecular flexibility index (Phi) is 2.90. The van der Waals surface area contributed by atoms with Gasteiger partial charge in [-0.2, -0.15) is 0 Å². The molecule has 0 aliphatic carbocycles. The third-order valence-corrected chi connectivity index (χ3v) is 3.68. The van der Waals surface area contributed by atoms with Crippen LogP contribution < -0.4 is 0 Å². The lowest BCUT2D eigenvalue weighted by Crippen LogP contribution is -1.82. The number of phenolic OH excluding ortho intramolecular Hbond substituents is 1. The molecule has 0 spiro atoms. The van der Waals surface area contributed by atoms with Crippen molar-refractivity contribution in [2.24, 2.45) is 0 Å². The highest BCUT2D eigenvalue weighted by Gasteiger charge is 2.17. The maximum atomic E-state index is 9.49. The quantitative estimate of drug-likeness (QED) is 0.572. The van der Waals surface area contributed by atoms with Gasteiger partial charge in [0.05, 0.1) is 0 Å². The topological polar surface area (TPSA) is 46.3 Å². The van der Waals surface area contributed by atoms with Crippen LogP contribution in [0.25, 0.3) is 33.4 Å². The summed E-state index contributed by atoms with van der Waals surface area (Å²) >= 11 is 0. The van der Waals surface area contributed by atoms with Crippen LogP contribution >= 0.6 is 0 Å². The van der Waals surface area contributed by atoms with Crippen molar-refractivity contribution in [2.45, 2.75) is 0 Å². The van der Waals surface area contributed by atoms with Crippen LogP contribution in [0.5, 0.6) is 5.75 Å². The Morgan fingerprint density at radius 1 is 0.818 bits per heavy atom. The zero-order chi connectivity index (χ0) is 14.9. The Morgan fingerprint density at radius 3 is 2.41 bits per heavy atom. The van der Waals surface area contributed by atoms with Gasteiger partial charge in [-0.3, -0.25) is 4.98 Å². The molecule has 4 rings (SSSR count). The van der Waals surface area contributed by atoms with Crippen molar-refractivity contribution in [2.75, 3.05) is 0 Å². The van der Waals surface area contributed by atoms with Crippen molar-refractivity contribution in [1.29, 1.82) is 0 Å². The number of hydrogen-bond donors (Lipinski definition) is 1. The van der Waals surface area contributed by atoms with Gasteiger partial charge in [0, 0.05) is 34.5 Å². The summed E-state index contributed by atoms with van der Waals surface area (Å²) in [7, 11) is 0. The zero-order valence-corrected chi connectivity index (χ0v) is 11.7. The number of phenols is 1. The Hall–Kier alpha value is -3.07. The number of para-hydroxylation sites is 1. The number of aromatic nitrogens is 1. The van der Waals surface area contributed by atoms with Crippen LogP contribution in [0.1, 0.15) is 0 Å². The van der Waals surface area contributed by atoms with E-state index in [4.69, 9.17) is 4.42 Å². The van der Waals surface area contributed by atoms with E-state index in [1.165, 1.54) is 0 Å². The molecule has 106 valence electrons. The lowest BCUT2D eigenvalue weighted by molar-refractivity contribution is 0.475. The standard InChI is InChI=1S/C19H13NO2/c21-15-9-7-13(8-10-15)19-18(14-4-3-11-20-12-14)16-5-1-2-6-17(16)22-19/h1-12,21H. The lowest BCUT2D eigenvalue weighted by Gasteiger charge is -2.03. The number of fused-ring (bicyclic) bond motifs is 1. The van der Waals surface area contributed by atoms with Crippen molar-refractivity contribution in [3.05, 3.63) is 73.1 Å². The summed E-state index contributed by atoms with van der Waals surface area (Å²) in [5.74, 6) is 1.02. The Morgan fingerprint density at radius 2 is 1.64 bits per heavy atom. The highest BCUT2D eigenvalue weighted by molar-refractivity contribution is 6.01. The van der Waals surface area contributed by atoms with E-state index < -0.39 is 0 Å². The average molecular weight is 287 g/mol. The third-order valence-electron chi connectivity index (χ3n) is 3.68. The zero-order valence-electron chi connectivity index (χ0n) is 11.7. The Bertz CT molecular complexity index is 925. The molecule has 3 heteroatoms. The van der Waals surface area contributed by atoms with Crippen molar-refractivity contribution < 1.29 is 9.52 Å². The fraction of sp³-hybridized carbons (Fsp3) is 0. The molecule has 4 aromatic rings. The first-order valence-electron chi connectivity index (χ1n) is 7.04. The molecule has 3 nitrogen and oxygen atoms in total. The first kappa shape index (κ1) is 12.7. The van der Waals surface area contributed by atoms with Crippen molar-refractivity contribution >= 4 is 11.0 Å². The minimum absolute atomic E-state index is 0.239. The predicted molar refractivity (Wildman–Crippen MR) is 86.5 cm³/mol. The van der Waals surface area contributed by atoms with E-state index in [9.17, 15) is 5.11 Å². The number of benzene rings is 2. The van der Waals surface area contributed by atoms with Gasteiger partial charge < -0.3 is 9.52 Å². The van der Waals surface area contributed by atoms with Gasteiger partial charge in [-0.1, -0.05) is 24.3 Å². The molecule has 0 saturated heterocycles. The SMILES string of the molecule is Oc1ccc(-c2oc3ccccc3c2-c2cccnc2)cc1. The summed E-state index contributed by atoms with van der Waals surface area (Å²) < 4.78 is 6.07. The van der Waals surface area contributed by atoms with Crippen molar-refractivity contribution in [3.8, 4) is 28.2 Å². The Labute approximate surface area is 127 Å². The van der Waals surface area contributed by atoms with E-state index in [0.717, 1.165) is 33.4 Å². The second-order valence-electron chi connectivity index (χ2n) is 5.09. The van der Waals surface area contributed by atoms with Crippen LogP contribution in [0.3, 0.4) is 0 Å². The predicted octanol–water partition coefficient (Wildman–Crippen LogP) is 4.87. The van der Waals surface area contributed by atoms with Crippen LogP contribution in [0, 0.1) is 0 Å². The van der Waals surface area contributed by atoms with Gasteiger partial charge in [-0.15, -0.1) is 0 Å². The smallest absolute Gasteiger partial charge is 0.143 e. The van der Waals surface area contributed by atoms with Gasteiger partial charge in [0.25, 0.3) is 0 Å². The first-order chi connectivity index (χ1) is 10.8. The second kappa shape index (κ2) is 5.04. The van der Waals surface area contributed by atoms with Crippen molar-refractivity contribution in [3.63, 3.8) is 0 Å². The summed E-state index contributed by atoms with van der Waals surface area (Å²) in [4.78, 5) is 4.21. The molecule has 1 N–H and O–H groups in total. The summed E-state index contributed by atoms with van der Waals surface area (Å²) in [6.07, 6.45) is 3.59. The number of aromatic hydroxyl groups is 1. The van der Waals surface area contributed by atoms with Crippen LogP contribution in [0.15, 0.2) is 77.5 Å². The van der Waals surface area contributed by atoms with Gasteiger partial charge in [0.2, 0.25) is 0 Å². The number of rotatable bonds is 2. The van der Waals surface area contributed by atoms with Gasteiger partial charge in [-0.05, 0) is 36.4 Å². The molecule has 22 heavy (non-hydrogen) atoms. The molecule has 0 aliphatic rings. The fourth-order valence-electron chi connectivity index (χ4n) is 2.66. The van der Waals surface area contributed by atoms with Gasteiger partial charge >= 0.3 is 0 Å². The maximum Gasteiger partial charge on any atom is 0.143 e. The van der Waals surface area contributed by atoms with Crippen LogP contribution in [-0.4, -0.2) is 10.1 Å². The number of furan rings is 1. The molecule has 0 atom stereocenters. The van der Waals surface area contributed by atoms with Crippen LogP contribution in [-0.2, 0) is 0 Å². The molecule has 0 amide bonds. The van der Waals surface area contributed by atoms with E-state index in [0.29, 0.717) is 0 Å². The average Bonchev–Trinajstić information content (AvgIpc) is 2.96. The van der Waals surface area contributed by atoms with Crippen LogP contribution in [0.4, 0.5) is 0 Å². The molecule has 0 fully saturated rings. The molecule has 0 aliphatic heterocycles. The molecule has 0 unspecified atom stereocenters. The molecule has 0 bridgehead atoms. The fourth-order valence-corrected chi connectivity index (χ4v) is 2.66. The number of nitrogens with zero attached hydrogens (tertiary/aromatic N) is 1. The highest BCUT2D eigenvalue weighted by Crippen LogP contribution is 2.40. The molecule has 2 heterocycles. The second-order valence-corrected chi connectivity index (χ2v) is 5.09. The first-order valence-corrected chi connectivity index (χ1v) is 7.04. The Balaban J connectivity index is 2.04. The van der Waals surface area contributed by atoms with Crippen LogP contribution in [0.2, 0.25) is 0 Å². The molecule has 0 saturated carbocycles. The maximum absolute atomic E-state index is 9.49. The minimum Gasteiger partial charge on any atom is -0.508 e. The number of pyridine rings is 1. The normalized spacial score (nSPS) is 10.9. The molecular formula is C19H13NO2. The highest BCUT2D eigenvalue weighted by atomic mass is 16.3. The molecule has 0 radical (unpaired) electrons. The largest absolute Gasteiger partial charge is 0.508 e. The summed E-state index contributed by atoms with van der Waals surface area (Å²) in [5, 5.41) is 10.5. The number of hydrogen-bond acceptors (Lipinski definition) is 3. The molecule has 2 aromatic heterocycles. The summed E-state index contributed by atoms with van der Waals surface area (Å²) in [6.45, 7) is 0. The van der Waals surface area contributed by atoms with Gasteiger partial charge in [0.1, 0.15) is 17.1 Å². The molecule has 2 aromatic carbocycles. The van der Waals surface area contributed by atoms with E-state index in [1.807, 2.05) is 54.7 Å². The van der Waals surface area contributed by atoms with E-state index in [1.54, 1.807) is 18.3 Å². The minimum atomic E-state index is 0.239. The van der Waals surface area contributed by atoms with Gasteiger partial charge in [-0.25, -0.2) is 0 Å². The molecular weight excluding hydrogens is 274 g/mol.